The van der Waals surface area contributed by atoms with Crippen LogP contribution < -0.4 is 10.6 Å². The van der Waals surface area contributed by atoms with E-state index >= 15 is 0 Å². The largest absolute Gasteiger partial charge is 0.366 e. The van der Waals surface area contributed by atoms with E-state index in [4.69, 9.17) is 5.73 Å². The number of hydrogen-bond donors (Lipinski definition) is 1. The van der Waals surface area contributed by atoms with Crippen LogP contribution >= 0.6 is 11.3 Å². The van der Waals surface area contributed by atoms with E-state index in [1.165, 1.54) is 0 Å². The summed E-state index contributed by atoms with van der Waals surface area (Å²) in [7, 11) is 4.20. The summed E-state index contributed by atoms with van der Waals surface area (Å²) >= 11 is 1.58. The number of carbonyl (C=O) groups excluding carboxylic acids is 1. The number of nitrogens with two attached hydrogens (primary N) is 1. The fraction of sp³-hybridized carbons (Fsp3) is 0.429. The van der Waals surface area contributed by atoms with Gasteiger partial charge in [-0.05, 0) is 38.2 Å². The van der Waals surface area contributed by atoms with Gasteiger partial charge in [-0.15, -0.1) is 0 Å². The van der Waals surface area contributed by atoms with Crippen LogP contribution in [0.15, 0.2) is 12.1 Å². The normalized spacial score (nSPS) is 19.6. The summed E-state index contributed by atoms with van der Waals surface area (Å²) in [5.74, 6) is -0.452. The molecule has 0 aliphatic carbocycles. The van der Waals surface area contributed by atoms with E-state index in [1.807, 2.05) is 6.07 Å². The first kappa shape index (κ1) is 13.3. The Balaban J connectivity index is 1.96. The van der Waals surface area contributed by atoms with Gasteiger partial charge in [0.15, 0.2) is 5.13 Å². The molecule has 1 unspecified atom stereocenters. The molecule has 2 aromatic rings. The molecule has 0 bridgehead atoms. The van der Waals surface area contributed by atoms with Crippen molar-refractivity contribution in [3.05, 3.63) is 23.8 Å². The van der Waals surface area contributed by atoms with Crippen LogP contribution in [0, 0.1) is 6.07 Å². The van der Waals surface area contributed by atoms with Crippen LogP contribution in [0.25, 0.3) is 10.2 Å². The number of nitrogens with zero attached hydrogens (tertiary/aromatic N) is 3. The number of likely N-dealkylation sites (N-methyl/N-ethyl adjacent to an activating group) is 2. The van der Waals surface area contributed by atoms with Crippen LogP contribution in [-0.2, 0) is 0 Å². The van der Waals surface area contributed by atoms with Gasteiger partial charge in [0.25, 0.3) is 5.91 Å². The van der Waals surface area contributed by atoms with Gasteiger partial charge >= 0.3 is 0 Å². The summed E-state index contributed by atoms with van der Waals surface area (Å²) in [6, 6.07) is 6.90. The summed E-state index contributed by atoms with van der Waals surface area (Å²) < 4.78 is 0.953. The molecule has 105 valence electrons. The number of amides is 1. The maximum atomic E-state index is 11.4. The maximum Gasteiger partial charge on any atom is 0.250 e. The first-order chi connectivity index (χ1) is 9.56. The molecule has 1 atom stereocenters. The Bertz CT molecular complexity index is 654. The summed E-state index contributed by atoms with van der Waals surface area (Å²) in [6.45, 7) is 2.15. The highest BCUT2D eigenvalue weighted by Gasteiger charge is 2.25. The molecule has 6 heteroatoms. The first-order valence-electron chi connectivity index (χ1n) is 6.58. The third-order valence-electron chi connectivity index (χ3n) is 3.82. The number of carbonyl (C=O) groups is 1. The molecule has 2 heterocycles. The molecule has 1 saturated heterocycles. The minimum Gasteiger partial charge on any atom is -0.366 e. The molecule has 0 saturated carbocycles. The van der Waals surface area contributed by atoms with Gasteiger partial charge in [-0.25, -0.2) is 4.98 Å². The molecule has 20 heavy (non-hydrogen) atoms. The lowest BCUT2D eigenvalue weighted by Gasteiger charge is -2.23. The smallest absolute Gasteiger partial charge is 0.250 e. The molecular weight excluding hydrogens is 272 g/mol. The highest BCUT2D eigenvalue weighted by atomic mass is 32.1. The van der Waals surface area contributed by atoms with Crippen LogP contribution in [-0.4, -0.2) is 49.0 Å². The van der Waals surface area contributed by atoms with Crippen molar-refractivity contribution in [3.8, 4) is 0 Å². The lowest BCUT2D eigenvalue weighted by Crippen LogP contribution is -2.33. The van der Waals surface area contributed by atoms with E-state index in [9.17, 15) is 4.79 Å². The first-order valence-corrected chi connectivity index (χ1v) is 7.39. The SMILES string of the molecule is CN1CCC(N(C)c2nc3c(C(N)=O)c[c]cc3s2)C1. The fourth-order valence-electron chi connectivity index (χ4n) is 2.60. The highest BCUT2D eigenvalue weighted by Crippen LogP contribution is 2.32. The second-order valence-corrected chi connectivity index (χ2v) is 6.27. The van der Waals surface area contributed by atoms with Gasteiger partial charge in [-0.2, -0.15) is 0 Å². The molecule has 0 spiro atoms. The average molecular weight is 289 g/mol. The quantitative estimate of drug-likeness (QED) is 0.926. The van der Waals surface area contributed by atoms with E-state index in [-0.39, 0.29) is 0 Å². The van der Waals surface area contributed by atoms with Gasteiger partial charge in [-0.3, -0.25) is 4.79 Å². The number of likely N-dealkylation sites (tertiary alicyclic amines) is 1. The third-order valence-corrected chi connectivity index (χ3v) is 4.91. The van der Waals surface area contributed by atoms with Crippen molar-refractivity contribution in [1.29, 1.82) is 0 Å². The Hall–Kier alpha value is -1.66. The summed E-state index contributed by atoms with van der Waals surface area (Å²) in [5.41, 5.74) is 6.53. The molecule has 1 aliphatic heterocycles. The van der Waals surface area contributed by atoms with Crippen LogP contribution in [0.1, 0.15) is 16.8 Å². The third kappa shape index (κ3) is 2.25. The lowest BCUT2D eigenvalue weighted by atomic mass is 10.2. The predicted octanol–water partition coefficient (Wildman–Crippen LogP) is 1.34. The standard InChI is InChI=1S/C14H17N4OS/c1-17-7-6-9(8-17)18(2)14-16-12-10(13(15)19)4-3-5-11(12)20-14/h4-5,9H,6-8H2,1-2H3,(H2,15,19). The van der Waals surface area contributed by atoms with Gasteiger partial charge in [0.2, 0.25) is 0 Å². The zero-order valence-electron chi connectivity index (χ0n) is 11.6. The lowest BCUT2D eigenvalue weighted by molar-refractivity contribution is 0.100. The van der Waals surface area contributed by atoms with Crippen molar-refractivity contribution in [2.75, 3.05) is 32.1 Å². The second-order valence-electron chi connectivity index (χ2n) is 5.26. The zero-order valence-corrected chi connectivity index (χ0v) is 12.4. The Morgan fingerprint density at radius 3 is 3.05 bits per heavy atom. The van der Waals surface area contributed by atoms with E-state index in [0.717, 1.165) is 29.3 Å². The molecule has 1 aromatic heterocycles. The van der Waals surface area contributed by atoms with Crippen molar-refractivity contribution in [2.45, 2.75) is 12.5 Å². The number of thiazole rings is 1. The topological polar surface area (TPSA) is 62.5 Å². The number of benzene rings is 1. The van der Waals surface area contributed by atoms with Gasteiger partial charge in [-0.1, -0.05) is 11.3 Å². The van der Waals surface area contributed by atoms with Crippen LogP contribution in [0.4, 0.5) is 5.13 Å². The van der Waals surface area contributed by atoms with Gasteiger partial charge in [0, 0.05) is 19.6 Å². The van der Waals surface area contributed by atoms with Crippen LogP contribution in [0.5, 0.6) is 0 Å². The monoisotopic (exact) mass is 289 g/mol. The van der Waals surface area contributed by atoms with Crippen molar-refractivity contribution < 1.29 is 4.79 Å². The molecule has 1 amide bonds. The van der Waals surface area contributed by atoms with Crippen molar-refractivity contribution in [2.24, 2.45) is 5.73 Å². The molecular formula is C14H17N4OS. The number of rotatable bonds is 3. The van der Waals surface area contributed by atoms with E-state index in [2.05, 4.69) is 34.9 Å². The van der Waals surface area contributed by atoms with Gasteiger partial charge < -0.3 is 15.5 Å². The summed E-state index contributed by atoms with van der Waals surface area (Å²) in [5, 5.41) is 0.933. The number of hydrogen-bond acceptors (Lipinski definition) is 5. The maximum absolute atomic E-state index is 11.4. The van der Waals surface area contributed by atoms with Crippen LogP contribution in [0.2, 0.25) is 0 Å². The van der Waals surface area contributed by atoms with Crippen LogP contribution in [0.3, 0.4) is 0 Å². The van der Waals surface area contributed by atoms with Crippen molar-refractivity contribution in [3.63, 3.8) is 0 Å². The van der Waals surface area contributed by atoms with Crippen molar-refractivity contribution in [1.82, 2.24) is 9.88 Å². The molecule has 1 radical (unpaired) electrons. The minimum absolute atomic E-state index is 0.446. The predicted molar refractivity (Wildman–Crippen MR) is 81.3 cm³/mol. The average Bonchev–Trinajstić information content (AvgIpc) is 3.02. The highest BCUT2D eigenvalue weighted by molar-refractivity contribution is 7.22. The summed E-state index contributed by atoms with van der Waals surface area (Å²) in [6.07, 6.45) is 1.14. The van der Waals surface area contributed by atoms with Gasteiger partial charge in [0.1, 0.15) is 0 Å². The zero-order chi connectivity index (χ0) is 14.3. The van der Waals surface area contributed by atoms with E-state index in [0.29, 0.717) is 17.1 Å². The number of aromatic nitrogens is 1. The van der Waals surface area contributed by atoms with Gasteiger partial charge in [0.05, 0.1) is 15.8 Å². The molecule has 5 nitrogen and oxygen atoms in total. The second kappa shape index (κ2) is 5.03. The minimum atomic E-state index is -0.452. The van der Waals surface area contributed by atoms with Crippen molar-refractivity contribution >= 4 is 32.6 Å². The Labute approximate surface area is 122 Å². The molecule has 1 fully saturated rings. The van der Waals surface area contributed by atoms with E-state index < -0.39 is 5.91 Å². The molecule has 2 N–H and O–H groups in total. The molecule has 1 aliphatic rings. The number of fused-ring (bicyclic) bond motifs is 1. The van der Waals surface area contributed by atoms with E-state index in [1.54, 1.807) is 17.4 Å². The number of anilines is 1. The Morgan fingerprint density at radius 1 is 1.60 bits per heavy atom. The molecule has 1 aromatic carbocycles. The molecule has 3 rings (SSSR count). The number of primary amides is 1. The Kier molecular flexibility index (Phi) is 3.35. The summed E-state index contributed by atoms with van der Waals surface area (Å²) in [4.78, 5) is 20.6. The Morgan fingerprint density at radius 2 is 2.40 bits per heavy atom. The fourth-order valence-corrected chi connectivity index (χ4v) is 3.61.